The highest BCUT2D eigenvalue weighted by molar-refractivity contribution is 5.93. The van der Waals surface area contributed by atoms with Crippen LogP contribution in [0.1, 0.15) is 38.4 Å². The molecule has 0 bridgehead atoms. The monoisotopic (exact) mass is 443 g/mol. The lowest BCUT2D eigenvalue weighted by atomic mass is 9.97. The number of anilines is 1. The van der Waals surface area contributed by atoms with E-state index < -0.39 is 5.82 Å². The highest BCUT2D eigenvalue weighted by atomic mass is 19.1. The topological polar surface area (TPSA) is 111 Å². The van der Waals surface area contributed by atoms with Crippen LogP contribution in [0.4, 0.5) is 10.3 Å². The van der Waals surface area contributed by atoms with Crippen LogP contribution in [-0.4, -0.2) is 63.7 Å². The van der Waals surface area contributed by atoms with E-state index in [1.807, 2.05) is 11.9 Å². The third kappa shape index (κ3) is 4.32. The number of nitrogens with two attached hydrogens (primary N) is 1. The zero-order valence-electron chi connectivity index (χ0n) is 18.8. The summed E-state index contributed by atoms with van der Waals surface area (Å²) in [6, 6.07) is 2.97. The summed E-state index contributed by atoms with van der Waals surface area (Å²) in [7, 11) is 3.28. The number of aryl methyl sites for hydroxylation is 1. The number of nitrogen functional groups attached to an aromatic ring is 1. The first-order chi connectivity index (χ1) is 15.4. The van der Waals surface area contributed by atoms with E-state index in [0.29, 0.717) is 28.8 Å². The number of amides is 1. The number of fused-ring (bicyclic) bond motifs is 3. The lowest BCUT2D eigenvalue weighted by molar-refractivity contribution is -0.136. The number of piperidine rings is 1. The van der Waals surface area contributed by atoms with Crippen LogP contribution in [0, 0.1) is 11.7 Å². The molecule has 3 heterocycles. The molecule has 0 saturated carbocycles. The van der Waals surface area contributed by atoms with Gasteiger partial charge in [0.2, 0.25) is 11.9 Å². The van der Waals surface area contributed by atoms with Gasteiger partial charge >= 0.3 is 0 Å². The minimum Gasteiger partial charge on any atom is -0.494 e. The van der Waals surface area contributed by atoms with Crippen molar-refractivity contribution in [2.45, 2.75) is 45.1 Å². The number of halogens is 1. The number of rotatable bonds is 7. The van der Waals surface area contributed by atoms with Crippen LogP contribution < -0.4 is 15.8 Å². The number of methoxy groups -OCH3 is 1. The van der Waals surface area contributed by atoms with Crippen molar-refractivity contribution in [1.29, 1.82) is 0 Å². The standard InChI is InChI=1S/C22H30FN7O2/c1-13(29(2)21(31)14-7-5-9-25-12-14)6-4-8-19-27-20-15-10-16(23)18(32-3)11-17(15)26-22(24)30(20)28-19/h10-11,13-14,25H,4-9,12H2,1-3H3,(H2,24,26)/t13-,14-/m0/s1. The summed E-state index contributed by atoms with van der Waals surface area (Å²) < 4.78 is 20.7. The summed E-state index contributed by atoms with van der Waals surface area (Å²) in [4.78, 5) is 23.5. The van der Waals surface area contributed by atoms with Crippen molar-refractivity contribution in [2.24, 2.45) is 5.92 Å². The molecular formula is C22H30FN7O2. The molecule has 10 heteroatoms. The average Bonchev–Trinajstić information content (AvgIpc) is 3.24. The first-order valence-electron chi connectivity index (χ1n) is 11.0. The molecule has 1 aromatic carbocycles. The Balaban J connectivity index is 1.44. The first-order valence-corrected chi connectivity index (χ1v) is 11.0. The summed E-state index contributed by atoms with van der Waals surface area (Å²) in [5.74, 6) is 0.676. The third-order valence-corrected chi connectivity index (χ3v) is 6.29. The number of hydrogen-bond donors (Lipinski definition) is 2. The molecule has 0 radical (unpaired) electrons. The van der Waals surface area contributed by atoms with Gasteiger partial charge in [0.25, 0.3) is 0 Å². The molecule has 0 unspecified atom stereocenters. The number of benzene rings is 1. The summed E-state index contributed by atoms with van der Waals surface area (Å²) in [6.45, 7) is 3.82. The molecule has 1 saturated heterocycles. The van der Waals surface area contributed by atoms with Crippen LogP contribution in [0.5, 0.6) is 5.75 Å². The van der Waals surface area contributed by atoms with Crippen LogP contribution in [-0.2, 0) is 11.2 Å². The molecule has 9 nitrogen and oxygen atoms in total. The minimum absolute atomic E-state index is 0.0686. The fourth-order valence-corrected chi connectivity index (χ4v) is 4.25. The summed E-state index contributed by atoms with van der Waals surface area (Å²) >= 11 is 0. The lowest BCUT2D eigenvalue weighted by Crippen LogP contribution is -2.44. The van der Waals surface area contributed by atoms with Gasteiger partial charge in [-0.1, -0.05) is 0 Å². The van der Waals surface area contributed by atoms with E-state index in [9.17, 15) is 9.18 Å². The molecule has 3 aromatic rings. The summed E-state index contributed by atoms with van der Waals surface area (Å²) in [6.07, 6.45) is 4.26. The van der Waals surface area contributed by atoms with Gasteiger partial charge in [0.15, 0.2) is 23.0 Å². The molecule has 2 aromatic heterocycles. The van der Waals surface area contributed by atoms with Crippen molar-refractivity contribution in [3.8, 4) is 5.75 Å². The van der Waals surface area contributed by atoms with Crippen molar-refractivity contribution >= 4 is 28.4 Å². The van der Waals surface area contributed by atoms with E-state index in [2.05, 4.69) is 27.3 Å². The molecule has 4 rings (SSSR count). The number of hydrogen-bond acceptors (Lipinski definition) is 7. The maximum atomic E-state index is 14.2. The van der Waals surface area contributed by atoms with Crippen molar-refractivity contribution in [1.82, 2.24) is 29.8 Å². The fourth-order valence-electron chi connectivity index (χ4n) is 4.25. The molecule has 0 spiro atoms. The lowest BCUT2D eigenvalue weighted by Gasteiger charge is -2.31. The van der Waals surface area contributed by atoms with Crippen LogP contribution in [0.3, 0.4) is 0 Å². The smallest absolute Gasteiger partial charge is 0.226 e. The predicted octanol–water partition coefficient (Wildman–Crippen LogP) is 2.18. The zero-order chi connectivity index (χ0) is 22.8. The number of carbonyl (C=O) groups is 1. The highest BCUT2D eigenvalue weighted by Gasteiger charge is 2.26. The predicted molar refractivity (Wildman–Crippen MR) is 120 cm³/mol. The van der Waals surface area contributed by atoms with Gasteiger partial charge < -0.3 is 20.7 Å². The molecule has 172 valence electrons. The van der Waals surface area contributed by atoms with E-state index in [0.717, 1.165) is 38.8 Å². The van der Waals surface area contributed by atoms with Gasteiger partial charge in [-0.25, -0.2) is 14.4 Å². The summed E-state index contributed by atoms with van der Waals surface area (Å²) in [5, 5.41) is 8.29. The molecule has 1 aliphatic heterocycles. The Morgan fingerprint density at radius 3 is 2.97 bits per heavy atom. The number of carbonyl (C=O) groups excluding carboxylic acids is 1. The van der Waals surface area contributed by atoms with Gasteiger partial charge in [-0.05, 0) is 45.2 Å². The molecular weight excluding hydrogens is 413 g/mol. The molecule has 32 heavy (non-hydrogen) atoms. The second kappa shape index (κ2) is 9.23. The van der Waals surface area contributed by atoms with Crippen LogP contribution in [0.2, 0.25) is 0 Å². The van der Waals surface area contributed by atoms with Gasteiger partial charge in [0.1, 0.15) is 0 Å². The Morgan fingerprint density at radius 2 is 2.25 bits per heavy atom. The molecule has 1 fully saturated rings. The fraction of sp³-hybridized carbons (Fsp3) is 0.545. The van der Waals surface area contributed by atoms with Crippen molar-refractivity contribution in [2.75, 3.05) is 33.0 Å². The number of nitrogens with zero attached hydrogens (tertiary/aromatic N) is 5. The van der Waals surface area contributed by atoms with Crippen LogP contribution in [0.15, 0.2) is 12.1 Å². The zero-order valence-corrected chi connectivity index (χ0v) is 18.8. The normalized spacial score (nSPS) is 17.6. The number of ether oxygens (including phenoxy) is 1. The molecule has 1 amide bonds. The van der Waals surface area contributed by atoms with Gasteiger partial charge in [0.05, 0.1) is 18.5 Å². The molecule has 0 aliphatic carbocycles. The Hall–Kier alpha value is -3.01. The Labute approximate surface area is 186 Å². The van der Waals surface area contributed by atoms with E-state index in [4.69, 9.17) is 10.5 Å². The van der Waals surface area contributed by atoms with E-state index in [1.165, 1.54) is 23.8 Å². The second-order valence-electron chi connectivity index (χ2n) is 8.47. The Bertz CT molecular complexity index is 1130. The van der Waals surface area contributed by atoms with Crippen molar-refractivity contribution < 1.29 is 13.9 Å². The highest BCUT2D eigenvalue weighted by Crippen LogP contribution is 2.27. The molecule has 1 aliphatic rings. The Kier molecular flexibility index (Phi) is 6.40. The van der Waals surface area contributed by atoms with Crippen LogP contribution in [0.25, 0.3) is 16.6 Å². The van der Waals surface area contributed by atoms with E-state index in [-0.39, 0.29) is 29.6 Å². The summed E-state index contributed by atoms with van der Waals surface area (Å²) in [5.41, 5.74) is 7.02. The van der Waals surface area contributed by atoms with E-state index >= 15 is 0 Å². The number of nitrogens with one attached hydrogen (secondary N) is 1. The quantitative estimate of drug-likeness (QED) is 0.576. The maximum Gasteiger partial charge on any atom is 0.226 e. The SMILES string of the molecule is COc1cc2nc(N)n3nc(CCC[C@H](C)N(C)C(=O)[C@H]4CCCNC4)nc3c2cc1F. The maximum absolute atomic E-state index is 14.2. The van der Waals surface area contributed by atoms with Crippen molar-refractivity contribution in [3.05, 3.63) is 23.8 Å². The Morgan fingerprint density at radius 1 is 1.44 bits per heavy atom. The largest absolute Gasteiger partial charge is 0.494 e. The molecule has 3 N–H and O–H groups in total. The minimum atomic E-state index is -0.493. The second-order valence-corrected chi connectivity index (χ2v) is 8.47. The molecule has 2 atom stereocenters. The van der Waals surface area contributed by atoms with Gasteiger partial charge in [-0.3, -0.25) is 4.79 Å². The van der Waals surface area contributed by atoms with Crippen molar-refractivity contribution in [3.63, 3.8) is 0 Å². The first kappa shape index (κ1) is 22.2. The van der Waals surface area contributed by atoms with E-state index in [1.54, 1.807) is 0 Å². The van der Waals surface area contributed by atoms with Gasteiger partial charge in [-0.2, -0.15) is 4.52 Å². The third-order valence-electron chi connectivity index (χ3n) is 6.29. The van der Waals surface area contributed by atoms with Gasteiger partial charge in [-0.15, -0.1) is 5.10 Å². The number of aromatic nitrogens is 4. The van der Waals surface area contributed by atoms with Crippen LogP contribution >= 0.6 is 0 Å². The van der Waals surface area contributed by atoms with Gasteiger partial charge in [0, 0.05) is 37.5 Å². The average molecular weight is 444 g/mol.